The Bertz CT molecular complexity index is 95.6. The van der Waals surface area contributed by atoms with Crippen molar-refractivity contribution in [3.63, 3.8) is 0 Å². The second kappa shape index (κ2) is 9.35. The van der Waals surface area contributed by atoms with Crippen LogP contribution in [-0.2, 0) is 36.6 Å². The number of rotatable bonds is 0. The molecule has 0 amide bonds. The monoisotopic (exact) mass is 246 g/mol. The maximum atomic E-state index is 8.74. The minimum absolute atomic E-state index is 0. The van der Waals surface area contributed by atoms with Crippen LogP contribution in [0.25, 0.3) is 0 Å². The molecule has 0 aliphatic rings. The number of hydrogen-bond acceptors (Lipinski definition) is 2. The van der Waals surface area contributed by atoms with Gasteiger partial charge in [0.25, 0.3) is 0 Å². The summed E-state index contributed by atoms with van der Waals surface area (Å²) in [4.78, 5) is 0. The molecule has 5 nitrogen and oxygen atoms in total. The van der Waals surface area contributed by atoms with Crippen LogP contribution in [0.3, 0.4) is 0 Å². The van der Waals surface area contributed by atoms with Crippen LogP contribution in [0.2, 0.25) is 0 Å². The van der Waals surface area contributed by atoms with E-state index in [1.807, 2.05) is 0 Å². The molecular formula is H5KO5SZr. The summed E-state index contributed by atoms with van der Waals surface area (Å²) in [5, 5.41) is 0. The Kier molecular flexibility index (Phi) is 26.2. The summed E-state index contributed by atoms with van der Waals surface area (Å²) in [6.45, 7) is 0. The van der Waals surface area contributed by atoms with Gasteiger partial charge in [-0.3, -0.25) is 9.11 Å². The molecule has 0 radical (unpaired) electrons. The van der Waals surface area contributed by atoms with E-state index in [0.29, 0.717) is 0 Å². The van der Waals surface area contributed by atoms with E-state index in [-0.39, 0.29) is 83.1 Å². The van der Waals surface area contributed by atoms with Crippen molar-refractivity contribution in [3.05, 3.63) is 0 Å². The zero-order valence-corrected chi connectivity index (χ0v) is 6.39. The average molecular weight is 247 g/mol. The van der Waals surface area contributed by atoms with Gasteiger partial charge in [-0.15, -0.1) is 0 Å². The van der Waals surface area contributed by atoms with E-state index in [2.05, 4.69) is 0 Å². The second-order valence-electron chi connectivity index (χ2n) is 0.448. The van der Waals surface area contributed by atoms with Gasteiger partial charge in [0.1, 0.15) is 0 Å². The fourth-order valence-corrected chi connectivity index (χ4v) is 0. The summed E-state index contributed by atoms with van der Waals surface area (Å²) < 4.78 is 31.6. The normalized spacial score (nSPS) is 7.25. The van der Waals surface area contributed by atoms with E-state index in [0.717, 1.165) is 0 Å². The summed E-state index contributed by atoms with van der Waals surface area (Å²) >= 11 is 0. The third-order valence-corrected chi connectivity index (χ3v) is 0. The van der Waals surface area contributed by atoms with Crippen molar-refractivity contribution >= 4 is 61.8 Å². The van der Waals surface area contributed by atoms with Gasteiger partial charge in [-0.05, 0) is 0 Å². The molecule has 8 heavy (non-hydrogen) atoms. The van der Waals surface area contributed by atoms with Crippen molar-refractivity contribution in [2.75, 3.05) is 0 Å². The molecule has 0 bridgehead atoms. The van der Waals surface area contributed by atoms with Gasteiger partial charge in [0, 0.05) is 26.2 Å². The molecule has 46 valence electrons. The van der Waals surface area contributed by atoms with Crippen LogP contribution >= 0.6 is 0 Å². The molecule has 0 spiro atoms. The fraction of sp³-hybridized carbons (Fsp3) is 0. The third kappa shape index (κ3) is 81.7. The van der Waals surface area contributed by atoms with Gasteiger partial charge in [-0.25, -0.2) is 0 Å². The Morgan fingerprint density at radius 2 is 1.12 bits per heavy atom. The Hall–Kier alpha value is 2.35. The van der Waals surface area contributed by atoms with E-state index >= 15 is 0 Å². The summed E-state index contributed by atoms with van der Waals surface area (Å²) in [5.74, 6) is 0. The molecule has 0 aromatic carbocycles. The van der Waals surface area contributed by atoms with Crippen molar-refractivity contribution < 1.29 is 49.2 Å². The smallest absolute Gasteiger partial charge is 0 e. The molecular weight excluding hydrogens is 242 g/mol. The van der Waals surface area contributed by atoms with E-state index in [1.165, 1.54) is 0 Å². The first kappa shape index (κ1) is 22.4. The van der Waals surface area contributed by atoms with Crippen LogP contribution in [0.1, 0.15) is 0 Å². The van der Waals surface area contributed by atoms with Gasteiger partial charge < -0.3 is 5.48 Å². The molecule has 0 atom stereocenters. The van der Waals surface area contributed by atoms with Crippen LogP contribution < -0.4 is 0 Å². The zero-order valence-electron chi connectivity index (χ0n) is 3.12. The third-order valence-electron chi connectivity index (χ3n) is 0. The van der Waals surface area contributed by atoms with Gasteiger partial charge in [0.05, 0.1) is 0 Å². The first-order valence-electron chi connectivity index (χ1n) is 0.698. The van der Waals surface area contributed by atoms with Gasteiger partial charge >= 0.3 is 61.8 Å². The summed E-state index contributed by atoms with van der Waals surface area (Å²) in [7, 11) is -4.67. The first-order chi connectivity index (χ1) is 2.00. The molecule has 0 aliphatic carbocycles. The molecule has 0 aromatic rings. The van der Waals surface area contributed by atoms with Gasteiger partial charge in [0.2, 0.25) is 0 Å². The van der Waals surface area contributed by atoms with Gasteiger partial charge in [-0.1, -0.05) is 0 Å². The first-order valence-corrected chi connectivity index (χ1v) is 2.10. The summed E-state index contributed by atoms with van der Waals surface area (Å²) in [5.41, 5.74) is 0. The van der Waals surface area contributed by atoms with Gasteiger partial charge in [-0.2, -0.15) is 8.42 Å². The summed E-state index contributed by atoms with van der Waals surface area (Å²) in [6, 6.07) is 0. The molecule has 0 fully saturated rings. The van der Waals surface area contributed by atoms with E-state index in [1.54, 1.807) is 0 Å². The maximum absolute atomic E-state index is 8.74. The Morgan fingerprint density at radius 1 is 1.12 bits per heavy atom. The largest absolute Gasteiger partial charge is 0 e. The summed E-state index contributed by atoms with van der Waals surface area (Å²) in [6.07, 6.45) is 0. The van der Waals surface area contributed by atoms with Crippen molar-refractivity contribution in [3.8, 4) is 0 Å². The average Bonchev–Trinajstić information content (AvgIpc) is 0.722. The maximum Gasteiger partial charge on any atom is 0 e. The molecule has 0 heterocycles. The predicted molar refractivity (Wildman–Crippen MR) is 24.9 cm³/mol. The molecule has 0 saturated carbocycles. The number of hydrogen-bond donors (Lipinski definition) is 2. The SMILES string of the molecule is O.O=S(=O)(O)O.[KH].[Zr]. The molecule has 4 N–H and O–H groups in total. The van der Waals surface area contributed by atoms with E-state index < -0.39 is 10.4 Å². The Balaban J connectivity index is -0.0000000267. The standard InChI is InChI=1S/K.H2O4S.H2O.Zr.H/c;1-5(2,3)4;;;/h;(H2,1,2,3,4);1H2;;. The van der Waals surface area contributed by atoms with Crippen molar-refractivity contribution in [2.45, 2.75) is 0 Å². The van der Waals surface area contributed by atoms with Crippen molar-refractivity contribution in [2.24, 2.45) is 0 Å². The van der Waals surface area contributed by atoms with Crippen molar-refractivity contribution in [1.29, 1.82) is 0 Å². The fourth-order valence-electron chi connectivity index (χ4n) is 0. The van der Waals surface area contributed by atoms with E-state index in [4.69, 9.17) is 17.5 Å². The Labute approximate surface area is 109 Å². The molecule has 0 aliphatic heterocycles. The molecule has 0 saturated heterocycles. The molecule has 0 rings (SSSR count). The molecule has 0 unspecified atom stereocenters. The van der Waals surface area contributed by atoms with Crippen molar-refractivity contribution in [1.82, 2.24) is 0 Å². The predicted octanol–water partition coefficient (Wildman–Crippen LogP) is -2.13. The van der Waals surface area contributed by atoms with Crippen LogP contribution in [0.15, 0.2) is 0 Å². The quantitative estimate of drug-likeness (QED) is 0.377. The van der Waals surface area contributed by atoms with Crippen LogP contribution in [0, 0.1) is 0 Å². The van der Waals surface area contributed by atoms with Crippen LogP contribution in [0.4, 0.5) is 0 Å². The Morgan fingerprint density at radius 3 is 1.12 bits per heavy atom. The topological polar surface area (TPSA) is 106 Å². The zero-order chi connectivity index (χ0) is 4.50. The molecule has 8 heteroatoms. The van der Waals surface area contributed by atoms with Gasteiger partial charge in [0.15, 0.2) is 0 Å². The second-order valence-corrected chi connectivity index (χ2v) is 1.34. The minimum atomic E-state index is -4.67. The van der Waals surface area contributed by atoms with Crippen LogP contribution in [0.5, 0.6) is 0 Å². The van der Waals surface area contributed by atoms with Crippen LogP contribution in [-0.4, -0.2) is 74.4 Å². The van der Waals surface area contributed by atoms with E-state index in [9.17, 15) is 0 Å². The minimum Gasteiger partial charge on any atom is 0 e. The molecule has 0 aromatic heterocycles.